The second-order valence-corrected chi connectivity index (χ2v) is 6.93. The van der Waals surface area contributed by atoms with Crippen LogP contribution in [0.25, 0.3) is 0 Å². The second kappa shape index (κ2) is 9.82. The summed E-state index contributed by atoms with van der Waals surface area (Å²) in [6.45, 7) is 1.72. The molecule has 1 atom stereocenters. The molecular weight excluding hydrogens is 368 g/mol. The van der Waals surface area contributed by atoms with Gasteiger partial charge in [-0.2, -0.15) is 0 Å². The predicted octanol–water partition coefficient (Wildman–Crippen LogP) is 2.32. The lowest BCUT2D eigenvalue weighted by atomic mass is 10.2. The van der Waals surface area contributed by atoms with Gasteiger partial charge in [-0.05, 0) is 31.2 Å². The third-order valence-corrected chi connectivity index (χ3v) is 4.69. The van der Waals surface area contributed by atoms with Crippen molar-refractivity contribution in [2.24, 2.45) is 0 Å². The zero-order chi connectivity index (χ0) is 19.8. The Morgan fingerprint density at radius 3 is 2.59 bits per heavy atom. The average molecular weight is 390 g/mol. The number of furan rings is 1. The minimum Gasteiger partial charge on any atom is -0.467 e. The van der Waals surface area contributed by atoms with E-state index in [2.05, 4.69) is 5.32 Å². The van der Waals surface area contributed by atoms with Crippen molar-refractivity contribution in [2.75, 3.05) is 19.8 Å². The maximum atomic E-state index is 12.5. The number of nitrogens with one attached hydrogen (secondary N) is 1. The zero-order valence-corrected chi connectivity index (χ0v) is 16.2. The molecule has 0 spiro atoms. The fourth-order valence-electron chi connectivity index (χ4n) is 2.04. The summed E-state index contributed by atoms with van der Waals surface area (Å²) in [7, 11) is 3.35. The third kappa shape index (κ3) is 6.18. The first-order valence-electron chi connectivity index (χ1n) is 8.31. The molecule has 0 unspecified atom stereocenters. The molecule has 7 nitrogen and oxygen atoms in total. The predicted molar refractivity (Wildman–Crippen MR) is 101 cm³/mol. The van der Waals surface area contributed by atoms with E-state index in [4.69, 9.17) is 9.15 Å². The molecule has 144 valence electrons. The molecule has 1 heterocycles. The van der Waals surface area contributed by atoms with Gasteiger partial charge in [-0.25, -0.2) is 4.79 Å². The van der Waals surface area contributed by atoms with Crippen LogP contribution in [0, 0.1) is 0 Å². The summed E-state index contributed by atoms with van der Waals surface area (Å²) in [6.07, 6.45) is 0.551. The quantitative estimate of drug-likeness (QED) is 0.550. The third-order valence-electron chi connectivity index (χ3n) is 3.63. The molecule has 27 heavy (non-hydrogen) atoms. The van der Waals surface area contributed by atoms with Gasteiger partial charge in [0.1, 0.15) is 5.76 Å². The molecule has 8 heteroatoms. The fourth-order valence-corrected chi connectivity index (χ4v) is 3.06. The summed E-state index contributed by atoms with van der Waals surface area (Å²) in [4.78, 5) is 38.4. The number of carbonyl (C=O) groups is 3. The van der Waals surface area contributed by atoms with E-state index in [1.165, 1.54) is 29.8 Å². The number of hydrogen-bond donors (Lipinski definition) is 1. The van der Waals surface area contributed by atoms with E-state index in [-0.39, 0.29) is 18.2 Å². The molecule has 1 aromatic carbocycles. The second-order valence-electron chi connectivity index (χ2n) is 5.92. The molecule has 2 amide bonds. The smallest absolute Gasteiger partial charge is 0.340 e. The van der Waals surface area contributed by atoms with Crippen molar-refractivity contribution >= 4 is 29.5 Å². The van der Waals surface area contributed by atoms with Crippen LogP contribution in [-0.2, 0) is 20.9 Å². The Hall–Kier alpha value is -2.74. The summed E-state index contributed by atoms with van der Waals surface area (Å²) in [5, 5.41) is 2.64. The number of rotatable bonds is 8. The molecule has 0 saturated heterocycles. The SMILES string of the molecule is C[C@H](OC(=O)c1ccccc1SCC(=O)N(C)C)C(=O)NCc1ccco1. The van der Waals surface area contributed by atoms with Crippen LogP contribution in [0.5, 0.6) is 0 Å². The van der Waals surface area contributed by atoms with Gasteiger partial charge in [-0.15, -0.1) is 11.8 Å². The summed E-state index contributed by atoms with van der Waals surface area (Å²) in [6, 6.07) is 10.3. The molecule has 0 fully saturated rings. The first-order chi connectivity index (χ1) is 12.9. The molecule has 1 aromatic heterocycles. The minimum atomic E-state index is -0.964. The van der Waals surface area contributed by atoms with Crippen molar-refractivity contribution in [2.45, 2.75) is 24.5 Å². The number of benzene rings is 1. The van der Waals surface area contributed by atoms with E-state index < -0.39 is 18.0 Å². The van der Waals surface area contributed by atoms with Crippen molar-refractivity contribution in [3.05, 3.63) is 54.0 Å². The van der Waals surface area contributed by atoms with E-state index in [1.54, 1.807) is 50.5 Å². The number of nitrogens with zero attached hydrogens (tertiary/aromatic N) is 1. The molecule has 0 bridgehead atoms. The monoisotopic (exact) mass is 390 g/mol. The Morgan fingerprint density at radius 1 is 1.19 bits per heavy atom. The van der Waals surface area contributed by atoms with Gasteiger partial charge in [-0.3, -0.25) is 9.59 Å². The van der Waals surface area contributed by atoms with E-state index >= 15 is 0 Å². The average Bonchev–Trinajstić information content (AvgIpc) is 3.17. The maximum absolute atomic E-state index is 12.5. The first kappa shape index (κ1) is 20.6. The van der Waals surface area contributed by atoms with Crippen molar-refractivity contribution in [3.8, 4) is 0 Å². The van der Waals surface area contributed by atoms with Gasteiger partial charge in [0.05, 0.1) is 24.1 Å². The Bertz CT molecular complexity index is 789. The van der Waals surface area contributed by atoms with Gasteiger partial charge in [0.2, 0.25) is 5.91 Å². The molecule has 0 aliphatic heterocycles. The van der Waals surface area contributed by atoms with Crippen LogP contribution in [0.1, 0.15) is 23.0 Å². The number of esters is 1. The summed E-state index contributed by atoms with van der Waals surface area (Å²) >= 11 is 1.25. The van der Waals surface area contributed by atoms with Crippen molar-refractivity contribution in [1.29, 1.82) is 0 Å². The molecule has 2 aromatic rings. The Morgan fingerprint density at radius 2 is 1.93 bits per heavy atom. The van der Waals surface area contributed by atoms with Crippen LogP contribution in [-0.4, -0.2) is 48.6 Å². The highest BCUT2D eigenvalue weighted by molar-refractivity contribution is 8.00. The van der Waals surface area contributed by atoms with Crippen LogP contribution in [0.2, 0.25) is 0 Å². The van der Waals surface area contributed by atoms with Gasteiger partial charge >= 0.3 is 5.97 Å². The van der Waals surface area contributed by atoms with Gasteiger partial charge in [0, 0.05) is 19.0 Å². The van der Waals surface area contributed by atoms with Crippen LogP contribution in [0.15, 0.2) is 52.0 Å². The molecular formula is C19H22N2O5S. The highest BCUT2D eigenvalue weighted by atomic mass is 32.2. The normalized spacial score (nSPS) is 11.5. The van der Waals surface area contributed by atoms with Gasteiger partial charge < -0.3 is 19.4 Å². The summed E-state index contributed by atoms with van der Waals surface area (Å²) < 4.78 is 10.4. The number of ether oxygens (including phenoxy) is 1. The lowest BCUT2D eigenvalue weighted by Crippen LogP contribution is -2.35. The maximum Gasteiger partial charge on any atom is 0.340 e. The van der Waals surface area contributed by atoms with Crippen molar-refractivity contribution in [3.63, 3.8) is 0 Å². The minimum absolute atomic E-state index is 0.0613. The molecule has 0 aliphatic carbocycles. The van der Waals surface area contributed by atoms with E-state index in [0.717, 1.165) is 0 Å². The van der Waals surface area contributed by atoms with Crippen LogP contribution >= 0.6 is 11.8 Å². The van der Waals surface area contributed by atoms with Crippen LogP contribution < -0.4 is 5.32 Å². The Kier molecular flexibility index (Phi) is 7.48. The van der Waals surface area contributed by atoms with Crippen molar-refractivity contribution in [1.82, 2.24) is 10.2 Å². The summed E-state index contributed by atoms with van der Waals surface area (Å²) in [5.41, 5.74) is 0.319. The highest BCUT2D eigenvalue weighted by Crippen LogP contribution is 2.24. The van der Waals surface area contributed by atoms with Gasteiger partial charge in [-0.1, -0.05) is 12.1 Å². The standard InChI is InChI=1S/C19H22N2O5S/c1-13(18(23)20-11-14-7-6-10-25-14)26-19(24)15-8-4-5-9-16(15)27-12-17(22)21(2)3/h4-10,13H,11-12H2,1-3H3,(H,20,23)/t13-/m0/s1. The van der Waals surface area contributed by atoms with Gasteiger partial charge in [0.15, 0.2) is 6.10 Å². The van der Waals surface area contributed by atoms with Crippen LogP contribution in [0.3, 0.4) is 0 Å². The Balaban J connectivity index is 1.94. The largest absolute Gasteiger partial charge is 0.467 e. The molecule has 0 saturated carbocycles. The molecule has 2 rings (SSSR count). The van der Waals surface area contributed by atoms with Crippen LogP contribution in [0.4, 0.5) is 0 Å². The van der Waals surface area contributed by atoms with E-state index in [1.807, 2.05) is 0 Å². The first-order valence-corrected chi connectivity index (χ1v) is 9.30. The van der Waals surface area contributed by atoms with Gasteiger partial charge in [0.25, 0.3) is 5.91 Å². The molecule has 0 radical (unpaired) electrons. The number of thioether (sulfide) groups is 1. The van der Waals surface area contributed by atoms with Crippen molar-refractivity contribution < 1.29 is 23.5 Å². The fraction of sp³-hybridized carbons (Fsp3) is 0.316. The lowest BCUT2D eigenvalue weighted by molar-refractivity contribution is -0.129. The zero-order valence-electron chi connectivity index (χ0n) is 15.4. The highest BCUT2D eigenvalue weighted by Gasteiger charge is 2.21. The van der Waals surface area contributed by atoms with E-state index in [9.17, 15) is 14.4 Å². The molecule has 1 N–H and O–H groups in total. The number of carbonyl (C=O) groups excluding carboxylic acids is 3. The number of amides is 2. The topological polar surface area (TPSA) is 88.9 Å². The Labute approximate surface area is 162 Å². The molecule has 0 aliphatic rings. The lowest BCUT2D eigenvalue weighted by Gasteiger charge is -2.15. The summed E-state index contributed by atoms with van der Waals surface area (Å²) in [5.74, 6) is -0.289. The number of hydrogen-bond acceptors (Lipinski definition) is 6. The van der Waals surface area contributed by atoms with E-state index in [0.29, 0.717) is 16.2 Å².